The Bertz CT molecular complexity index is 965. The van der Waals surface area contributed by atoms with Crippen LogP contribution >= 0.6 is 22.6 Å². The number of fused-ring (bicyclic) bond motifs is 1. The topological polar surface area (TPSA) is 79.0 Å². The van der Waals surface area contributed by atoms with E-state index in [2.05, 4.69) is 20.8 Å². The van der Waals surface area contributed by atoms with Crippen molar-refractivity contribution in [2.45, 2.75) is 26.4 Å². The molecule has 0 fully saturated rings. The Morgan fingerprint density at radius 2 is 2.08 bits per heavy atom. The normalized spacial score (nSPS) is 11.6. The number of hydrogen-bond acceptors (Lipinski definition) is 4. The van der Waals surface area contributed by atoms with Crippen LogP contribution in [0.4, 0.5) is 15.8 Å². The van der Waals surface area contributed by atoms with Gasteiger partial charge in [-0.05, 0) is 67.6 Å². The minimum absolute atomic E-state index is 0.232. The SMILES string of the molecule is CC(C)(C)ONC(=O)c1[nH]c2ccncc2c1Nc1ccc(I)cc1F. The Morgan fingerprint density at radius 3 is 2.77 bits per heavy atom. The van der Waals surface area contributed by atoms with E-state index in [1.807, 2.05) is 43.4 Å². The molecule has 0 saturated carbocycles. The van der Waals surface area contributed by atoms with Crippen LogP contribution in [0.25, 0.3) is 10.9 Å². The summed E-state index contributed by atoms with van der Waals surface area (Å²) in [6.45, 7) is 5.47. The minimum Gasteiger partial charge on any atom is -0.351 e. The number of H-pyrrole nitrogens is 1. The highest BCUT2D eigenvalue weighted by Gasteiger charge is 2.21. The van der Waals surface area contributed by atoms with E-state index in [1.165, 1.54) is 6.07 Å². The van der Waals surface area contributed by atoms with Gasteiger partial charge in [0.15, 0.2) is 0 Å². The quantitative estimate of drug-likeness (QED) is 0.389. The number of rotatable bonds is 4. The standard InChI is InChI=1S/C18H18FIN4O2/c1-18(2,3)26-24-17(25)16-15(11-9-21-7-6-13(11)22-16)23-14-5-4-10(20)8-12(14)19/h4-9,22-23H,1-3H3,(H,24,25). The minimum atomic E-state index is -0.543. The lowest BCUT2D eigenvalue weighted by molar-refractivity contribution is -0.0590. The molecule has 8 heteroatoms. The van der Waals surface area contributed by atoms with Gasteiger partial charge < -0.3 is 10.3 Å². The number of hydrogen-bond donors (Lipinski definition) is 3. The van der Waals surface area contributed by atoms with E-state index in [0.29, 0.717) is 16.6 Å². The molecule has 0 aliphatic heterocycles. The van der Waals surface area contributed by atoms with E-state index < -0.39 is 17.3 Å². The Balaban J connectivity index is 2.00. The molecule has 3 aromatic rings. The number of amides is 1. The zero-order chi connectivity index (χ0) is 18.9. The second kappa shape index (κ2) is 7.20. The van der Waals surface area contributed by atoms with Crippen LogP contribution < -0.4 is 10.8 Å². The highest BCUT2D eigenvalue weighted by molar-refractivity contribution is 14.1. The molecule has 1 amide bonds. The molecule has 26 heavy (non-hydrogen) atoms. The average molecular weight is 468 g/mol. The van der Waals surface area contributed by atoms with Gasteiger partial charge in [-0.3, -0.25) is 14.6 Å². The monoisotopic (exact) mass is 468 g/mol. The molecule has 0 aliphatic carbocycles. The number of benzene rings is 1. The molecule has 3 N–H and O–H groups in total. The summed E-state index contributed by atoms with van der Waals surface area (Å²) in [7, 11) is 0. The van der Waals surface area contributed by atoms with Gasteiger partial charge in [0.25, 0.3) is 5.91 Å². The number of aromatic amines is 1. The van der Waals surface area contributed by atoms with Gasteiger partial charge in [0.2, 0.25) is 0 Å². The number of nitrogens with one attached hydrogen (secondary N) is 3. The van der Waals surface area contributed by atoms with Gasteiger partial charge in [-0.2, -0.15) is 0 Å². The fourth-order valence-electron chi connectivity index (χ4n) is 2.31. The van der Waals surface area contributed by atoms with Crippen LogP contribution in [0.1, 0.15) is 31.3 Å². The summed E-state index contributed by atoms with van der Waals surface area (Å²) < 4.78 is 15.0. The van der Waals surface area contributed by atoms with Crippen molar-refractivity contribution in [2.75, 3.05) is 5.32 Å². The molecule has 0 saturated heterocycles. The average Bonchev–Trinajstić information content (AvgIpc) is 2.93. The molecule has 2 heterocycles. The molecule has 0 spiro atoms. The van der Waals surface area contributed by atoms with Crippen molar-refractivity contribution in [1.82, 2.24) is 15.4 Å². The van der Waals surface area contributed by atoms with Crippen molar-refractivity contribution in [1.29, 1.82) is 0 Å². The van der Waals surface area contributed by atoms with Crippen LogP contribution in [-0.4, -0.2) is 21.5 Å². The Hall–Kier alpha value is -2.20. The maximum Gasteiger partial charge on any atom is 0.293 e. The van der Waals surface area contributed by atoms with Gasteiger partial charge >= 0.3 is 0 Å². The fourth-order valence-corrected chi connectivity index (χ4v) is 2.76. The van der Waals surface area contributed by atoms with E-state index >= 15 is 0 Å². The van der Waals surface area contributed by atoms with Crippen LogP contribution in [0.3, 0.4) is 0 Å². The molecule has 3 rings (SSSR count). The van der Waals surface area contributed by atoms with Crippen molar-refractivity contribution in [2.24, 2.45) is 0 Å². The van der Waals surface area contributed by atoms with E-state index in [1.54, 1.807) is 30.6 Å². The maximum absolute atomic E-state index is 14.3. The summed E-state index contributed by atoms with van der Waals surface area (Å²) in [6.07, 6.45) is 3.22. The third-order valence-electron chi connectivity index (χ3n) is 3.47. The summed E-state index contributed by atoms with van der Waals surface area (Å²) in [5.74, 6) is -0.878. The number of nitrogens with zero attached hydrogens (tertiary/aromatic N) is 1. The largest absolute Gasteiger partial charge is 0.351 e. The van der Waals surface area contributed by atoms with Crippen LogP contribution in [0, 0.1) is 9.39 Å². The number of anilines is 2. The molecule has 0 aliphatic rings. The molecule has 2 aromatic heterocycles. The highest BCUT2D eigenvalue weighted by atomic mass is 127. The van der Waals surface area contributed by atoms with Crippen molar-refractivity contribution < 1.29 is 14.0 Å². The lowest BCUT2D eigenvalue weighted by Gasteiger charge is -2.19. The van der Waals surface area contributed by atoms with E-state index in [9.17, 15) is 9.18 Å². The molecule has 1 aromatic carbocycles. The third kappa shape index (κ3) is 4.13. The number of aromatic nitrogens is 2. The Morgan fingerprint density at radius 1 is 1.31 bits per heavy atom. The predicted octanol–water partition coefficient (Wildman–Crippen LogP) is 4.51. The van der Waals surface area contributed by atoms with Gasteiger partial charge in [-0.25, -0.2) is 9.87 Å². The van der Waals surface area contributed by atoms with Gasteiger partial charge in [0.05, 0.1) is 22.5 Å². The van der Waals surface area contributed by atoms with Crippen LogP contribution in [-0.2, 0) is 4.84 Å². The predicted molar refractivity (Wildman–Crippen MR) is 107 cm³/mol. The zero-order valence-corrected chi connectivity index (χ0v) is 16.6. The molecular formula is C18H18FIN4O2. The van der Waals surface area contributed by atoms with E-state index in [0.717, 1.165) is 3.57 Å². The first-order valence-electron chi connectivity index (χ1n) is 7.91. The van der Waals surface area contributed by atoms with Gasteiger partial charge in [0, 0.05) is 21.4 Å². The zero-order valence-electron chi connectivity index (χ0n) is 14.5. The van der Waals surface area contributed by atoms with Crippen molar-refractivity contribution in [3.05, 3.63) is 51.7 Å². The molecule has 6 nitrogen and oxygen atoms in total. The lowest BCUT2D eigenvalue weighted by Crippen LogP contribution is -2.34. The van der Waals surface area contributed by atoms with E-state index in [-0.39, 0.29) is 11.4 Å². The summed E-state index contributed by atoms with van der Waals surface area (Å²) >= 11 is 2.04. The Kier molecular flexibility index (Phi) is 5.15. The van der Waals surface area contributed by atoms with Crippen molar-refractivity contribution in [3.63, 3.8) is 0 Å². The Labute approximate surface area is 163 Å². The first-order chi connectivity index (χ1) is 12.2. The smallest absolute Gasteiger partial charge is 0.293 e. The molecule has 0 atom stereocenters. The molecule has 0 bridgehead atoms. The van der Waals surface area contributed by atoms with E-state index in [4.69, 9.17) is 4.84 Å². The first-order valence-corrected chi connectivity index (χ1v) is 8.98. The summed E-state index contributed by atoms with van der Waals surface area (Å²) in [4.78, 5) is 25.1. The highest BCUT2D eigenvalue weighted by Crippen LogP contribution is 2.31. The number of pyridine rings is 1. The summed E-state index contributed by atoms with van der Waals surface area (Å²) in [5, 5.41) is 3.68. The summed E-state index contributed by atoms with van der Waals surface area (Å²) in [6, 6.07) is 6.56. The number of halogens is 2. The van der Waals surface area contributed by atoms with Crippen molar-refractivity contribution >= 4 is 50.8 Å². The number of carbonyl (C=O) groups is 1. The first kappa shape index (κ1) is 18.6. The second-order valence-electron chi connectivity index (χ2n) is 6.69. The van der Waals surface area contributed by atoms with Gasteiger partial charge in [0.1, 0.15) is 11.5 Å². The van der Waals surface area contributed by atoms with Crippen molar-refractivity contribution in [3.8, 4) is 0 Å². The molecular weight excluding hydrogens is 450 g/mol. The second-order valence-corrected chi connectivity index (χ2v) is 7.94. The maximum atomic E-state index is 14.3. The molecule has 136 valence electrons. The van der Waals surface area contributed by atoms with Gasteiger partial charge in [-0.15, -0.1) is 0 Å². The third-order valence-corrected chi connectivity index (χ3v) is 4.14. The summed E-state index contributed by atoms with van der Waals surface area (Å²) in [5.41, 5.74) is 3.51. The fraction of sp³-hybridized carbons (Fsp3) is 0.222. The molecule has 0 radical (unpaired) electrons. The number of hydroxylamine groups is 1. The van der Waals surface area contributed by atoms with Crippen LogP contribution in [0.2, 0.25) is 0 Å². The van der Waals surface area contributed by atoms with Crippen LogP contribution in [0.15, 0.2) is 36.7 Å². The molecule has 0 unspecified atom stereocenters. The van der Waals surface area contributed by atoms with Crippen LogP contribution in [0.5, 0.6) is 0 Å². The van der Waals surface area contributed by atoms with Gasteiger partial charge in [-0.1, -0.05) is 0 Å². The lowest BCUT2D eigenvalue weighted by atomic mass is 10.2. The number of carbonyl (C=O) groups excluding carboxylic acids is 1.